The maximum atomic E-state index is 9.83. The van der Waals surface area contributed by atoms with Gasteiger partial charge in [-0.15, -0.1) is 0 Å². The van der Waals surface area contributed by atoms with Crippen molar-refractivity contribution >= 4 is 16.8 Å². The number of phenols is 1. The Morgan fingerprint density at radius 2 is 1.41 bits per heavy atom. The smallest absolute Gasteiger partial charge is 0.119 e. The van der Waals surface area contributed by atoms with Crippen LogP contribution in [-0.4, -0.2) is 63.6 Å². The van der Waals surface area contributed by atoms with E-state index in [1.165, 1.54) is 16.8 Å². The monoisotopic (exact) mass is 458 g/mol. The molecule has 5 nitrogen and oxygen atoms in total. The van der Waals surface area contributed by atoms with Crippen LogP contribution in [0.5, 0.6) is 11.5 Å². The summed E-state index contributed by atoms with van der Waals surface area (Å²) in [5.41, 5.74) is 6.89. The van der Waals surface area contributed by atoms with Crippen LogP contribution in [0.25, 0.3) is 11.1 Å². The topological polar surface area (TPSA) is 45.2 Å². The summed E-state index contributed by atoms with van der Waals surface area (Å²) in [5.74, 6) is 1.13. The zero-order chi connectivity index (χ0) is 23.9. The SMILES string of the molecule is C/C(=C(\c1ccc(O)cc1)c1ccc(OCCN(C)C)cc1)c1ccc(N2CCOCC2)cc1. The Kier molecular flexibility index (Phi) is 7.88. The fraction of sp³-hybridized carbons (Fsp3) is 0.310. The lowest BCUT2D eigenvalue weighted by molar-refractivity contribution is 0.122. The Balaban J connectivity index is 1.64. The van der Waals surface area contributed by atoms with Crippen molar-refractivity contribution in [3.63, 3.8) is 0 Å². The lowest BCUT2D eigenvalue weighted by Gasteiger charge is -2.29. The predicted octanol–water partition coefficient (Wildman–Crippen LogP) is 5.15. The van der Waals surface area contributed by atoms with Gasteiger partial charge >= 0.3 is 0 Å². The molecule has 0 aromatic heterocycles. The molecule has 3 aromatic carbocycles. The standard InChI is InChI=1S/C29H34N2O3/c1-22(23-4-10-26(11-5-23)31-17-19-33-20-18-31)29(24-6-12-27(32)13-7-24)25-8-14-28(15-9-25)34-21-16-30(2)3/h4-15,32H,16-21H2,1-3H3/b29-22-. The second-order valence-corrected chi connectivity index (χ2v) is 8.87. The van der Waals surface area contributed by atoms with Crippen molar-refractivity contribution in [3.8, 4) is 11.5 Å². The van der Waals surface area contributed by atoms with Crippen LogP contribution >= 0.6 is 0 Å². The first-order valence-corrected chi connectivity index (χ1v) is 11.8. The van der Waals surface area contributed by atoms with Crippen LogP contribution in [0.4, 0.5) is 5.69 Å². The van der Waals surface area contributed by atoms with Gasteiger partial charge in [-0.25, -0.2) is 0 Å². The van der Waals surface area contributed by atoms with Gasteiger partial charge in [0.2, 0.25) is 0 Å². The summed E-state index contributed by atoms with van der Waals surface area (Å²) in [4.78, 5) is 4.47. The fourth-order valence-corrected chi connectivity index (χ4v) is 4.18. The van der Waals surface area contributed by atoms with Gasteiger partial charge in [0.25, 0.3) is 0 Å². The van der Waals surface area contributed by atoms with Crippen molar-refractivity contribution in [1.82, 2.24) is 4.90 Å². The lowest BCUT2D eigenvalue weighted by Crippen LogP contribution is -2.36. The van der Waals surface area contributed by atoms with E-state index in [1.807, 2.05) is 38.4 Å². The van der Waals surface area contributed by atoms with Gasteiger partial charge in [-0.1, -0.05) is 36.4 Å². The fourth-order valence-electron chi connectivity index (χ4n) is 4.18. The molecule has 0 aliphatic carbocycles. The quantitative estimate of drug-likeness (QED) is 0.473. The summed E-state index contributed by atoms with van der Waals surface area (Å²) in [5, 5.41) is 9.83. The molecule has 1 aliphatic rings. The molecule has 0 atom stereocenters. The highest BCUT2D eigenvalue weighted by molar-refractivity contribution is 5.98. The average molecular weight is 459 g/mol. The van der Waals surface area contributed by atoms with Crippen molar-refractivity contribution in [2.45, 2.75) is 6.92 Å². The summed E-state index contributed by atoms with van der Waals surface area (Å²) in [7, 11) is 4.08. The minimum atomic E-state index is 0.264. The van der Waals surface area contributed by atoms with Gasteiger partial charge in [-0.05, 0) is 85.3 Å². The number of aromatic hydroxyl groups is 1. The van der Waals surface area contributed by atoms with Gasteiger partial charge in [0.05, 0.1) is 13.2 Å². The zero-order valence-corrected chi connectivity index (χ0v) is 20.3. The number of likely N-dealkylation sites (N-methyl/N-ethyl adjacent to an activating group) is 1. The summed E-state index contributed by atoms with van der Waals surface area (Å²) >= 11 is 0. The molecule has 0 spiro atoms. The zero-order valence-electron chi connectivity index (χ0n) is 20.3. The van der Waals surface area contributed by atoms with Crippen molar-refractivity contribution in [1.29, 1.82) is 0 Å². The predicted molar refractivity (Wildman–Crippen MR) is 140 cm³/mol. The normalized spacial score (nSPS) is 14.8. The average Bonchev–Trinajstić information content (AvgIpc) is 2.87. The Bertz CT molecular complexity index is 1080. The summed E-state index contributed by atoms with van der Waals surface area (Å²) in [6, 6.07) is 24.5. The lowest BCUT2D eigenvalue weighted by atomic mass is 9.90. The number of rotatable bonds is 8. The molecular formula is C29H34N2O3. The molecule has 1 saturated heterocycles. The second-order valence-electron chi connectivity index (χ2n) is 8.87. The van der Waals surface area contributed by atoms with E-state index >= 15 is 0 Å². The van der Waals surface area contributed by atoms with Crippen LogP contribution in [0, 0.1) is 0 Å². The molecule has 1 N–H and O–H groups in total. The summed E-state index contributed by atoms with van der Waals surface area (Å²) in [6.07, 6.45) is 0. The van der Waals surface area contributed by atoms with Crippen molar-refractivity contribution in [3.05, 3.63) is 89.5 Å². The van der Waals surface area contributed by atoms with E-state index < -0.39 is 0 Å². The number of ether oxygens (including phenoxy) is 2. The molecule has 0 radical (unpaired) electrons. The molecule has 5 heteroatoms. The highest BCUT2D eigenvalue weighted by Gasteiger charge is 2.14. The van der Waals surface area contributed by atoms with Crippen LogP contribution in [0.3, 0.4) is 0 Å². The maximum absolute atomic E-state index is 9.83. The third-order valence-corrected chi connectivity index (χ3v) is 6.16. The molecule has 0 amide bonds. The van der Waals surface area contributed by atoms with Gasteiger partial charge < -0.3 is 24.4 Å². The molecule has 0 unspecified atom stereocenters. The third kappa shape index (κ3) is 5.99. The number of hydrogen-bond acceptors (Lipinski definition) is 5. The molecular weight excluding hydrogens is 424 g/mol. The van der Waals surface area contributed by atoms with Crippen molar-refractivity contribution in [2.75, 3.05) is 58.5 Å². The number of anilines is 1. The maximum Gasteiger partial charge on any atom is 0.119 e. The van der Waals surface area contributed by atoms with E-state index in [1.54, 1.807) is 12.1 Å². The van der Waals surface area contributed by atoms with Gasteiger partial charge in [-0.3, -0.25) is 0 Å². The van der Waals surface area contributed by atoms with Gasteiger partial charge in [-0.2, -0.15) is 0 Å². The molecule has 0 saturated carbocycles. The van der Waals surface area contributed by atoms with E-state index in [0.29, 0.717) is 6.61 Å². The van der Waals surface area contributed by atoms with E-state index in [0.717, 1.165) is 55.3 Å². The molecule has 178 valence electrons. The number of allylic oxidation sites excluding steroid dienone is 1. The van der Waals surface area contributed by atoms with Crippen molar-refractivity contribution in [2.24, 2.45) is 0 Å². The first kappa shape index (κ1) is 23.9. The largest absolute Gasteiger partial charge is 0.508 e. The van der Waals surface area contributed by atoms with Crippen LogP contribution in [-0.2, 0) is 4.74 Å². The van der Waals surface area contributed by atoms with Gasteiger partial charge in [0.15, 0.2) is 0 Å². The number of hydrogen-bond donors (Lipinski definition) is 1. The Hall–Kier alpha value is -3.28. The highest BCUT2D eigenvalue weighted by Crippen LogP contribution is 2.34. The highest BCUT2D eigenvalue weighted by atomic mass is 16.5. The van der Waals surface area contributed by atoms with Gasteiger partial charge in [0.1, 0.15) is 18.1 Å². The Morgan fingerprint density at radius 3 is 2.00 bits per heavy atom. The summed E-state index contributed by atoms with van der Waals surface area (Å²) in [6.45, 7) is 7.10. The minimum Gasteiger partial charge on any atom is -0.508 e. The number of nitrogens with zero attached hydrogens (tertiary/aromatic N) is 2. The van der Waals surface area contributed by atoms with Crippen LogP contribution in [0.2, 0.25) is 0 Å². The van der Waals surface area contributed by atoms with E-state index in [4.69, 9.17) is 9.47 Å². The molecule has 0 bridgehead atoms. The van der Waals surface area contributed by atoms with E-state index in [2.05, 4.69) is 53.1 Å². The molecule has 1 fully saturated rings. The molecule has 34 heavy (non-hydrogen) atoms. The van der Waals surface area contributed by atoms with E-state index in [-0.39, 0.29) is 5.75 Å². The Morgan fingerprint density at radius 1 is 0.853 bits per heavy atom. The molecule has 1 heterocycles. The number of benzene rings is 3. The molecule has 4 rings (SSSR count). The number of phenolic OH excluding ortho intramolecular Hbond substituents is 1. The Labute approximate surface area is 202 Å². The first-order valence-electron chi connectivity index (χ1n) is 11.8. The summed E-state index contributed by atoms with van der Waals surface area (Å²) < 4.78 is 11.4. The van der Waals surface area contributed by atoms with E-state index in [9.17, 15) is 5.11 Å². The van der Waals surface area contributed by atoms with Crippen LogP contribution in [0.15, 0.2) is 72.8 Å². The third-order valence-electron chi connectivity index (χ3n) is 6.16. The molecule has 1 aliphatic heterocycles. The molecule has 3 aromatic rings. The first-order chi connectivity index (χ1) is 16.5. The van der Waals surface area contributed by atoms with Crippen LogP contribution < -0.4 is 9.64 Å². The van der Waals surface area contributed by atoms with Crippen LogP contribution in [0.1, 0.15) is 23.6 Å². The van der Waals surface area contributed by atoms with Crippen molar-refractivity contribution < 1.29 is 14.6 Å². The minimum absolute atomic E-state index is 0.264. The second kappa shape index (κ2) is 11.2. The number of morpholine rings is 1. The van der Waals surface area contributed by atoms with Gasteiger partial charge in [0, 0.05) is 25.3 Å².